The van der Waals surface area contributed by atoms with Gasteiger partial charge in [-0.1, -0.05) is 0 Å². The van der Waals surface area contributed by atoms with Crippen LogP contribution in [0.5, 0.6) is 0 Å². The zero-order valence-corrected chi connectivity index (χ0v) is 9.26. The summed E-state index contributed by atoms with van der Waals surface area (Å²) in [6.07, 6.45) is 0. The maximum Gasteiger partial charge on any atom is 2.00 e. The summed E-state index contributed by atoms with van der Waals surface area (Å²) in [6.45, 7) is 0. The summed E-state index contributed by atoms with van der Waals surface area (Å²) in [6, 6.07) is 0. The van der Waals surface area contributed by atoms with E-state index in [0.717, 1.165) is 0 Å². The number of hydrogen-bond donors (Lipinski definition) is 0. The molecule has 0 saturated carbocycles. The van der Waals surface area contributed by atoms with E-state index in [2.05, 4.69) is 27.7 Å². The molecule has 15 heavy (non-hydrogen) atoms. The van der Waals surface area contributed by atoms with Crippen LogP contribution in [0.15, 0.2) is 0 Å². The van der Waals surface area contributed by atoms with Crippen LogP contribution in [0.3, 0.4) is 0 Å². The molecule has 0 aliphatic carbocycles. The molecule has 0 amide bonds. The minimum atomic E-state index is -1.75. The monoisotopic (exact) mass is 390 g/mol. The molecule has 0 bridgehead atoms. The van der Waals surface area contributed by atoms with E-state index in [4.69, 9.17) is 46.0 Å². The Morgan fingerprint density at radius 2 is 0.667 bits per heavy atom. The van der Waals surface area contributed by atoms with Gasteiger partial charge in [0.1, 0.15) is 0 Å². The number of hydrogen-bond acceptors (Lipinski definition) is 9. The molecule has 0 aromatic heterocycles. The Labute approximate surface area is 106 Å². The Kier molecular flexibility index (Phi) is 56.9. The normalized spacial score (nSPS) is 5.27. The Bertz CT molecular complexity index is 123. The largest absolute Gasteiger partial charge is 2.00 e. The van der Waals surface area contributed by atoms with Crippen molar-refractivity contribution in [2.75, 3.05) is 0 Å². The summed E-state index contributed by atoms with van der Waals surface area (Å²) in [5, 5.41) is 44.2. The molecule has 1 radical (unpaired) electrons. The van der Waals surface area contributed by atoms with Gasteiger partial charge in [0.2, 0.25) is 0 Å². The van der Waals surface area contributed by atoms with E-state index in [0.29, 0.717) is 0 Å². The van der Waals surface area contributed by atoms with Crippen molar-refractivity contribution in [3.8, 4) is 0 Å². The van der Waals surface area contributed by atoms with E-state index in [9.17, 15) is 0 Å². The van der Waals surface area contributed by atoms with Crippen LogP contribution < -0.4 is 0 Å². The number of halogens is 1. The quantitative estimate of drug-likeness (QED) is 0.309. The van der Waals surface area contributed by atoms with E-state index in [1.165, 1.54) is 0 Å². The average Bonchev–Trinajstić information content (AvgIpc) is 1.86. The first-order valence-electron chi connectivity index (χ1n) is 1.76. The van der Waals surface area contributed by atoms with Crippen LogP contribution >= 0.6 is 9.53 Å². The summed E-state index contributed by atoms with van der Waals surface area (Å²) < 4.78 is 0. The van der Waals surface area contributed by atoms with Crippen molar-refractivity contribution in [1.82, 2.24) is 0 Å². The Balaban J connectivity index is -0.0000000298. The Morgan fingerprint density at radius 3 is 0.667 bits per heavy atom. The third-order valence-corrected chi connectivity index (χ3v) is 0. The molecule has 0 aliphatic rings. The fraction of sp³-hybridized carbons (Fsp3) is 0. The topological polar surface area (TPSA) is 199 Å². The van der Waals surface area contributed by atoms with E-state index in [1.54, 1.807) is 0 Å². The molecule has 0 fully saturated rings. The first kappa shape index (κ1) is 29.2. The van der Waals surface area contributed by atoms with Crippen LogP contribution in [0.2, 0.25) is 0 Å². The molecule has 0 unspecified atom stereocenters. The first-order chi connectivity index (χ1) is 6.20. The van der Waals surface area contributed by atoms with Crippen molar-refractivity contribution in [3.63, 3.8) is 0 Å². The van der Waals surface area contributed by atoms with Gasteiger partial charge in [-0.2, -0.15) is 0 Å². The van der Waals surface area contributed by atoms with E-state index in [-0.39, 0.29) is 17.1 Å². The van der Waals surface area contributed by atoms with Crippen molar-refractivity contribution >= 4 is 9.53 Å². The minimum Gasteiger partial charge on any atom is 2.00 e. The molecule has 0 saturated heterocycles. The predicted octanol–water partition coefficient (Wildman–Crippen LogP) is -0.0328. The molecule has 0 aromatic carbocycles. The Morgan fingerprint density at radius 1 is 0.667 bits per heavy atom. The summed E-state index contributed by atoms with van der Waals surface area (Å²) in [5.74, 6) is 0. The third-order valence-electron chi connectivity index (χ3n) is 0. The van der Waals surface area contributed by atoms with Crippen LogP contribution in [-0.2, 0) is 35.2 Å². The molecule has 15 heteroatoms. The molecule has 12 nitrogen and oxygen atoms in total. The SMILES string of the molecule is O=[N+]([O-])[O-].O=[N+]([O-])[O-].O=[N+]([O-])[O-].[Cl][Pd+].[Cu+2]. The van der Waals surface area contributed by atoms with Gasteiger partial charge in [0, 0.05) is 0 Å². The van der Waals surface area contributed by atoms with Crippen molar-refractivity contribution in [2.45, 2.75) is 0 Å². The summed E-state index contributed by atoms with van der Waals surface area (Å²) in [4.78, 5) is 24.8. The minimum absolute atomic E-state index is 0. The second kappa shape index (κ2) is 29.2. The van der Waals surface area contributed by atoms with Gasteiger partial charge in [0.05, 0.1) is 15.3 Å². The van der Waals surface area contributed by atoms with Crippen molar-refractivity contribution in [1.29, 1.82) is 0 Å². The summed E-state index contributed by atoms with van der Waals surface area (Å²) >= 11 is 2.22. The molecule has 0 spiro atoms. The van der Waals surface area contributed by atoms with Crippen molar-refractivity contribution < 1.29 is 50.5 Å². The zero-order valence-electron chi connectivity index (χ0n) is 6.01. The van der Waals surface area contributed by atoms with Crippen LogP contribution in [0.25, 0.3) is 0 Å². The molecule has 0 N–H and O–H groups in total. The van der Waals surface area contributed by atoms with Gasteiger partial charge in [-0.3, -0.25) is 0 Å². The fourth-order valence-electron chi connectivity index (χ4n) is 0. The predicted molar refractivity (Wildman–Crippen MR) is 36.9 cm³/mol. The Hall–Kier alpha value is -0.928. The van der Waals surface area contributed by atoms with Gasteiger partial charge in [-0.05, 0) is 0 Å². The molecular formula is ClCuN3O9Pd. The van der Waals surface area contributed by atoms with Gasteiger partial charge < -0.3 is 46.0 Å². The van der Waals surface area contributed by atoms with Crippen molar-refractivity contribution in [3.05, 3.63) is 46.0 Å². The van der Waals surface area contributed by atoms with Gasteiger partial charge in [0.15, 0.2) is 0 Å². The first-order valence-corrected chi connectivity index (χ1v) is 3.76. The van der Waals surface area contributed by atoms with Crippen LogP contribution in [0, 0.1) is 46.0 Å². The maximum atomic E-state index is 8.25. The average molecular weight is 391 g/mol. The van der Waals surface area contributed by atoms with E-state index >= 15 is 0 Å². The standard InChI is InChI=1S/ClH.Cu.3NO3.Pd/c;;3*2-1(3)4;/h1H;;;;;/q;+2;3*-1;+2/p-1. The summed E-state index contributed by atoms with van der Waals surface area (Å²) in [7, 11) is 4.49. The molecule has 97 valence electrons. The van der Waals surface area contributed by atoms with E-state index < -0.39 is 15.3 Å². The van der Waals surface area contributed by atoms with Gasteiger partial charge in [0.25, 0.3) is 0 Å². The van der Waals surface area contributed by atoms with Crippen molar-refractivity contribution in [2.24, 2.45) is 0 Å². The molecule has 0 aromatic rings. The molecule has 0 atom stereocenters. The fourth-order valence-corrected chi connectivity index (χ4v) is 0. The van der Waals surface area contributed by atoms with E-state index in [1.807, 2.05) is 0 Å². The van der Waals surface area contributed by atoms with Gasteiger partial charge in [-0.15, -0.1) is 0 Å². The summed E-state index contributed by atoms with van der Waals surface area (Å²) in [5.41, 5.74) is 0. The van der Waals surface area contributed by atoms with Gasteiger partial charge >= 0.3 is 44.8 Å². The molecular weight excluding hydrogens is 391 g/mol. The second-order valence-electron chi connectivity index (χ2n) is 0.671. The smallest absolute Gasteiger partial charge is 2.00 e. The molecule has 0 heterocycles. The third kappa shape index (κ3) is 1860. The van der Waals surface area contributed by atoms with Crippen LogP contribution in [-0.4, -0.2) is 15.3 Å². The second-order valence-corrected chi connectivity index (χ2v) is 0.671. The zero-order chi connectivity index (χ0) is 12.7. The number of rotatable bonds is 0. The molecule has 0 aliphatic heterocycles. The van der Waals surface area contributed by atoms with Gasteiger partial charge in [-0.25, -0.2) is 0 Å². The van der Waals surface area contributed by atoms with Crippen LogP contribution in [0.1, 0.15) is 0 Å². The molecule has 0 rings (SSSR count). The van der Waals surface area contributed by atoms with Crippen LogP contribution in [0.4, 0.5) is 0 Å². The number of nitrogens with zero attached hydrogens (tertiary/aromatic N) is 3. The maximum absolute atomic E-state index is 8.25.